The molecule has 1 aliphatic heterocycles. The third-order valence-electron chi connectivity index (χ3n) is 5.10. The first-order chi connectivity index (χ1) is 11.2. The van der Waals surface area contributed by atoms with E-state index in [2.05, 4.69) is 15.6 Å². The van der Waals surface area contributed by atoms with Crippen molar-refractivity contribution in [3.05, 3.63) is 42.7 Å². The second-order valence-electron chi connectivity index (χ2n) is 6.49. The predicted octanol–water partition coefficient (Wildman–Crippen LogP) is 2.34. The van der Waals surface area contributed by atoms with Crippen LogP contribution in [0.2, 0.25) is 0 Å². The Labute approximate surface area is 133 Å². The number of amides is 1. The normalized spacial score (nSPS) is 22.0. The van der Waals surface area contributed by atoms with Gasteiger partial charge in [0.25, 0.3) is 0 Å². The van der Waals surface area contributed by atoms with E-state index < -0.39 is 0 Å². The molecule has 2 aromatic rings. The van der Waals surface area contributed by atoms with Gasteiger partial charge in [0.05, 0.1) is 12.0 Å². The summed E-state index contributed by atoms with van der Waals surface area (Å²) < 4.78 is 15.8. The minimum Gasteiger partial charge on any atom is -0.326 e. The molecule has 2 N–H and O–H groups in total. The first kappa shape index (κ1) is 14.4. The molecular weight excluding hydrogens is 295 g/mol. The lowest BCUT2D eigenvalue weighted by atomic mass is 9.92. The van der Waals surface area contributed by atoms with E-state index in [1.807, 2.05) is 0 Å². The van der Waals surface area contributed by atoms with Crippen LogP contribution in [0.25, 0.3) is 5.69 Å². The van der Waals surface area contributed by atoms with E-state index in [4.69, 9.17) is 0 Å². The van der Waals surface area contributed by atoms with Crippen molar-refractivity contribution in [2.45, 2.75) is 19.3 Å². The first-order valence-corrected chi connectivity index (χ1v) is 7.97. The molecule has 120 valence electrons. The fourth-order valence-corrected chi connectivity index (χ4v) is 3.62. The number of carbonyl (C=O) groups excluding carboxylic acids is 1. The number of aromatic nitrogens is 2. The molecule has 1 atom stereocenters. The average molecular weight is 314 g/mol. The number of carbonyl (C=O) groups is 1. The molecule has 0 bridgehead atoms. The van der Waals surface area contributed by atoms with Crippen LogP contribution < -0.4 is 10.6 Å². The standard InChI is InChI=1S/C17H19FN4O/c18-14-9-12(1-2-15(14)22-8-7-20-11-22)21-16(23)13-10-17(13)3-5-19-6-4-17/h1-2,7-9,11,13,19H,3-6,10H2,(H,21,23). The van der Waals surface area contributed by atoms with E-state index >= 15 is 0 Å². The summed E-state index contributed by atoms with van der Waals surface area (Å²) in [7, 11) is 0. The number of rotatable bonds is 3. The highest BCUT2D eigenvalue weighted by Gasteiger charge is 2.57. The van der Waals surface area contributed by atoms with Crippen molar-refractivity contribution in [1.29, 1.82) is 0 Å². The average Bonchev–Trinajstić information content (AvgIpc) is 2.97. The second-order valence-corrected chi connectivity index (χ2v) is 6.49. The highest BCUT2D eigenvalue weighted by atomic mass is 19.1. The van der Waals surface area contributed by atoms with Crippen molar-refractivity contribution in [2.75, 3.05) is 18.4 Å². The molecule has 1 amide bonds. The summed E-state index contributed by atoms with van der Waals surface area (Å²) in [5, 5.41) is 6.19. The Hall–Kier alpha value is -2.21. The number of nitrogens with one attached hydrogen (secondary N) is 2. The third-order valence-corrected chi connectivity index (χ3v) is 5.10. The first-order valence-electron chi connectivity index (χ1n) is 7.97. The summed E-state index contributed by atoms with van der Waals surface area (Å²) in [5.74, 6) is -0.296. The monoisotopic (exact) mass is 314 g/mol. The van der Waals surface area contributed by atoms with Gasteiger partial charge in [0, 0.05) is 24.0 Å². The predicted molar refractivity (Wildman–Crippen MR) is 84.8 cm³/mol. The zero-order valence-corrected chi connectivity index (χ0v) is 12.8. The van der Waals surface area contributed by atoms with E-state index in [-0.39, 0.29) is 23.1 Å². The molecule has 1 saturated heterocycles. The highest BCUT2D eigenvalue weighted by Crippen LogP contribution is 2.58. The Morgan fingerprint density at radius 3 is 2.91 bits per heavy atom. The summed E-state index contributed by atoms with van der Waals surface area (Å²) in [5.41, 5.74) is 1.11. The Balaban J connectivity index is 1.45. The molecule has 1 spiro atoms. The zero-order valence-electron chi connectivity index (χ0n) is 12.8. The van der Waals surface area contributed by atoms with Crippen LogP contribution in [0.4, 0.5) is 10.1 Å². The third kappa shape index (κ3) is 2.63. The summed E-state index contributed by atoms with van der Waals surface area (Å²) in [6, 6.07) is 4.75. The number of piperidine rings is 1. The van der Waals surface area contributed by atoms with Gasteiger partial charge in [-0.2, -0.15) is 0 Å². The van der Waals surface area contributed by atoms with Crippen molar-refractivity contribution in [2.24, 2.45) is 11.3 Å². The molecule has 2 fully saturated rings. The lowest BCUT2D eigenvalue weighted by Crippen LogP contribution is -2.31. The molecule has 1 saturated carbocycles. The van der Waals surface area contributed by atoms with Gasteiger partial charge in [0.1, 0.15) is 5.82 Å². The van der Waals surface area contributed by atoms with Crippen LogP contribution in [0.5, 0.6) is 0 Å². The van der Waals surface area contributed by atoms with Crippen molar-refractivity contribution < 1.29 is 9.18 Å². The quantitative estimate of drug-likeness (QED) is 0.914. The Bertz CT molecular complexity index is 722. The largest absolute Gasteiger partial charge is 0.326 e. The van der Waals surface area contributed by atoms with Gasteiger partial charge >= 0.3 is 0 Å². The van der Waals surface area contributed by atoms with Gasteiger partial charge in [-0.15, -0.1) is 0 Å². The van der Waals surface area contributed by atoms with Gasteiger partial charge in [-0.25, -0.2) is 9.37 Å². The van der Waals surface area contributed by atoms with E-state index in [1.54, 1.807) is 35.4 Å². The topological polar surface area (TPSA) is 59.0 Å². The molecule has 1 unspecified atom stereocenters. The minimum atomic E-state index is -0.381. The fourth-order valence-electron chi connectivity index (χ4n) is 3.62. The molecule has 2 aliphatic rings. The number of nitrogens with zero attached hydrogens (tertiary/aromatic N) is 2. The Morgan fingerprint density at radius 2 is 2.22 bits per heavy atom. The highest BCUT2D eigenvalue weighted by molar-refractivity contribution is 5.95. The van der Waals surface area contributed by atoms with Crippen molar-refractivity contribution in [3.63, 3.8) is 0 Å². The zero-order chi connectivity index (χ0) is 15.9. The summed E-state index contributed by atoms with van der Waals surface area (Å²) in [4.78, 5) is 16.3. The Kier molecular flexibility index (Phi) is 3.41. The fraction of sp³-hybridized carbons (Fsp3) is 0.412. The van der Waals surface area contributed by atoms with Crippen LogP contribution in [-0.4, -0.2) is 28.5 Å². The van der Waals surface area contributed by atoms with Crippen LogP contribution >= 0.6 is 0 Å². The van der Waals surface area contributed by atoms with Gasteiger partial charge in [0.2, 0.25) is 5.91 Å². The maximum Gasteiger partial charge on any atom is 0.228 e. The van der Waals surface area contributed by atoms with E-state index in [1.165, 1.54) is 6.07 Å². The molecule has 1 aromatic carbocycles. The van der Waals surface area contributed by atoms with Crippen molar-refractivity contribution in [1.82, 2.24) is 14.9 Å². The van der Waals surface area contributed by atoms with Crippen LogP contribution in [0.1, 0.15) is 19.3 Å². The van der Waals surface area contributed by atoms with Crippen molar-refractivity contribution in [3.8, 4) is 5.69 Å². The number of halogens is 1. The maximum absolute atomic E-state index is 14.2. The van der Waals surface area contributed by atoms with Crippen molar-refractivity contribution >= 4 is 11.6 Å². The van der Waals surface area contributed by atoms with E-state index in [9.17, 15) is 9.18 Å². The number of benzene rings is 1. The van der Waals surface area contributed by atoms with Crippen LogP contribution in [0.15, 0.2) is 36.9 Å². The molecule has 0 radical (unpaired) electrons. The smallest absolute Gasteiger partial charge is 0.228 e. The van der Waals surface area contributed by atoms with Crippen LogP contribution in [0.3, 0.4) is 0 Å². The molecular formula is C17H19FN4O. The van der Waals surface area contributed by atoms with Gasteiger partial charge in [0.15, 0.2) is 0 Å². The molecule has 6 heteroatoms. The van der Waals surface area contributed by atoms with E-state index in [0.29, 0.717) is 11.4 Å². The molecule has 23 heavy (non-hydrogen) atoms. The SMILES string of the molecule is O=C(Nc1ccc(-n2ccnc2)c(F)c1)C1CC12CCNCC2. The summed E-state index contributed by atoms with van der Waals surface area (Å²) >= 11 is 0. The Morgan fingerprint density at radius 1 is 1.39 bits per heavy atom. The molecule has 1 aliphatic carbocycles. The lowest BCUT2D eigenvalue weighted by Gasteiger charge is -2.23. The van der Waals surface area contributed by atoms with Gasteiger partial charge in [-0.1, -0.05) is 0 Å². The maximum atomic E-state index is 14.2. The number of hydrogen-bond acceptors (Lipinski definition) is 3. The number of anilines is 1. The molecule has 1 aromatic heterocycles. The second kappa shape index (κ2) is 5.45. The molecule has 4 rings (SSSR count). The van der Waals surface area contributed by atoms with Gasteiger partial charge in [-0.3, -0.25) is 4.79 Å². The number of imidazole rings is 1. The lowest BCUT2D eigenvalue weighted by molar-refractivity contribution is -0.118. The summed E-state index contributed by atoms with van der Waals surface area (Å²) in [6.45, 7) is 1.97. The van der Waals surface area contributed by atoms with E-state index in [0.717, 1.165) is 32.4 Å². The van der Waals surface area contributed by atoms with Gasteiger partial charge < -0.3 is 15.2 Å². The van der Waals surface area contributed by atoms with Gasteiger partial charge in [-0.05, 0) is 56.0 Å². The molecule has 2 heterocycles. The van der Waals surface area contributed by atoms with Crippen LogP contribution in [0, 0.1) is 17.2 Å². The summed E-state index contributed by atoms with van der Waals surface area (Å²) in [6.07, 6.45) is 7.89. The number of hydrogen-bond donors (Lipinski definition) is 2. The minimum absolute atomic E-state index is 0.0154. The molecule has 5 nitrogen and oxygen atoms in total. The van der Waals surface area contributed by atoms with Crippen LogP contribution in [-0.2, 0) is 4.79 Å².